The number of carbonyl (C=O) groups excluding carboxylic acids is 3. The van der Waals surface area contributed by atoms with Crippen molar-refractivity contribution in [1.82, 2.24) is 9.80 Å². The third-order valence-corrected chi connectivity index (χ3v) is 10.1. The Bertz CT molecular complexity index is 1560. The third-order valence-electron chi connectivity index (χ3n) is 10.1. The van der Waals surface area contributed by atoms with E-state index >= 15 is 0 Å². The molecule has 2 aliphatic carbocycles. The molecule has 45 heavy (non-hydrogen) atoms. The van der Waals surface area contributed by atoms with Crippen LogP contribution in [0.25, 0.3) is 10.8 Å². The van der Waals surface area contributed by atoms with Crippen molar-refractivity contribution in [3.63, 3.8) is 0 Å². The molecule has 1 unspecified atom stereocenters. The van der Waals surface area contributed by atoms with Gasteiger partial charge in [0, 0.05) is 62.8 Å². The van der Waals surface area contributed by atoms with Gasteiger partial charge in [-0.3, -0.25) is 14.4 Å². The maximum atomic E-state index is 14.5. The lowest BCUT2D eigenvalue weighted by Crippen LogP contribution is -2.62. The van der Waals surface area contributed by atoms with Gasteiger partial charge in [-0.2, -0.15) is 0 Å². The zero-order valence-corrected chi connectivity index (χ0v) is 27.0. The van der Waals surface area contributed by atoms with Crippen molar-refractivity contribution < 1.29 is 23.9 Å². The maximum Gasteiger partial charge on any atom is 0.308 e. The topological polar surface area (TPSA) is 76.2 Å². The summed E-state index contributed by atoms with van der Waals surface area (Å²) in [6.45, 7) is 10.6. The van der Waals surface area contributed by atoms with Crippen molar-refractivity contribution in [3.8, 4) is 5.75 Å². The minimum atomic E-state index is -0.363. The lowest BCUT2D eigenvalue weighted by molar-refractivity contribution is -0.159. The van der Waals surface area contributed by atoms with E-state index in [1.807, 2.05) is 54.6 Å². The van der Waals surface area contributed by atoms with Crippen molar-refractivity contribution in [2.75, 3.05) is 26.2 Å². The molecule has 7 heteroatoms. The van der Waals surface area contributed by atoms with E-state index in [0.29, 0.717) is 24.3 Å². The van der Waals surface area contributed by atoms with E-state index in [9.17, 15) is 14.4 Å². The van der Waals surface area contributed by atoms with Crippen LogP contribution in [0.1, 0.15) is 75.7 Å². The van der Waals surface area contributed by atoms with E-state index in [-0.39, 0.29) is 47.2 Å². The van der Waals surface area contributed by atoms with E-state index in [1.54, 1.807) is 0 Å². The highest BCUT2D eigenvalue weighted by Crippen LogP contribution is 2.52. The first-order valence-electron chi connectivity index (χ1n) is 16.6. The van der Waals surface area contributed by atoms with E-state index < -0.39 is 0 Å². The molecule has 6 rings (SSSR count). The van der Waals surface area contributed by atoms with Crippen LogP contribution in [0.5, 0.6) is 5.75 Å². The number of amides is 1. The second kappa shape index (κ2) is 13.0. The molecule has 0 N–H and O–H groups in total. The third kappa shape index (κ3) is 6.94. The van der Waals surface area contributed by atoms with Crippen LogP contribution in [0, 0.1) is 17.8 Å². The van der Waals surface area contributed by atoms with Gasteiger partial charge < -0.3 is 19.3 Å². The number of hydrogen-bond donors (Lipinski definition) is 0. The van der Waals surface area contributed by atoms with Crippen molar-refractivity contribution in [2.24, 2.45) is 17.8 Å². The van der Waals surface area contributed by atoms with Gasteiger partial charge in [0.2, 0.25) is 0 Å². The smallest absolute Gasteiger partial charge is 0.308 e. The fourth-order valence-electron chi connectivity index (χ4n) is 7.95. The molecule has 1 heterocycles. The van der Waals surface area contributed by atoms with Crippen LogP contribution < -0.4 is 4.74 Å². The Balaban J connectivity index is 1.41. The van der Waals surface area contributed by atoms with Crippen molar-refractivity contribution in [1.29, 1.82) is 0 Å². The number of hydrogen-bond acceptors (Lipinski definition) is 6. The monoisotopic (exact) mass is 610 g/mol. The van der Waals surface area contributed by atoms with Crippen LogP contribution >= 0.6 is 0 Å². The van der Waals surface area contributed by atoms with E-state index in [1.165, 1.54) is 26.7 Å². The van der Waals surface area contributed by atoms with Gasteiger partial charge in [-0.25, -0.2) is 0 Å². The molecule has 2 saturated carbocycles. The quantitative estimate of drug-likeness (QED) is 0.200. The number of rotatable bonds is 9. The first kappa shape index (κ1) is 31.3. The van der Waals surface area contributed by atoms with E-state index in [2.05, 4.69) is 35.8 Å². The van der Waals surface area contributed by atoms with Gasteiger partial charge in [-0.15, -0.1) is 0 Å². The summed E-state index contributed by atoms with van der Waals surface area (Å²) in [4.78, 5) is 43.6. The van der Waals surface area contributed by atoms with Crippen LogP contribution in [0.15, 0.2) is 66.7 Å². The molecule has 3 aliphatic rings. The number of ether oxygens (including phenoxy) is 2. The van der Waals surface area contributed by atoms with Crippen LogP contribution in [0.4, 0.5) is 0 Å². The van der Waals surface area contributed by atoms with Gasteiger partial charge in [0.15, 0.2) is 0 Å². The summed E-state index contributed by atoms with van der Waals surface area (Å²) < 4.78 is 11.8. The zero-order valence-electron chi connectivity index (χ0n) is 27.0. The predicted octanol–water partition coefficient (Wildman–Crippen LogP) is 6.63. The number of fused-ring (bicyclic) bond motifs is 2. The predicted molar refractivity (Wildman–Crippen MR) is 175 cm³/mol. The van der Waals surface area contributed by atoms with Crippen LogP contribution in [-0.2, 0) is 19.7 Å². The van der Waals surface area contributed by atoms with E-state index in [0.717, 1.165) is 54.7 Å². The SMILES string of the molecule is CC(=O)Oc1cccc([C@@]23CCN(CC4CC4)C[C@H]2C(OC(C)=O)C[C@@H](N(CC(C)C)C(=O)c2ccc4ccccc4c2)C3)c1. The normalized spacial score (nSPS) is 25.0. The summed E-state index contributed by atoms with van der Waals surface area (Å²) in [5.74, 6) is 0.940. The highest BCUT2D eigenvalue weighted by atomic mass is 16.5. The fraction of sp³-hybridized carbons (Fsp3) is 0.500. The van der Waals surface area contributed by atoms with Crippen LogP contribution in [0.2, 0.25) is 0 Å². The zero-order chi connectivity index (χ0) is 31.7. The summed E-state index contributed by atoms with van der Waals surface area (Å²) in [5, 5.41) is 2.14. The molecular weight excluding hydrogens is 564 g/mol. The first-order valence-corrected chi connectivity index (χ1v) is 16.6. The van der Waals surface area contributed by atoms with Gasteiger partial charge in [0.25, 0.3) is 5.91 Å². The number of carbonyl (C=O) groups is 3. The molecule has 0 radical (unpaired) electrons. The van der Waals surface area contributed by atoms with Gasteiger partial charge >= 0.3 is 11.9 Å². The molecule has 3 aromatic rings. The molecule has 3 fully saturated rings. The Morgan fingerprint density at radius 3 is 2.44 bits per heavy atom. The molecule has 238 valence electrons. The molecule has 1 saturated heterocycles. The van der Waals surface area contributed by atoms with Crippen LogP contribution in [-0.4, -0.2) is 66.0 Å². The summed E-state index contributed by atoms with van der Waals surface area (Å²) in [6.07, 6.45) is 4.45. The Morgan fingerprint density at radius 2 is 1.73 bits per heavy atom. The number of piperidine rings is 1. The summed E-state index contributed by atoms with van der Waals surface area (Å²) in [5.41, 5.74) is 1.39. The van der Waals surface area contributed by atoms with Gasteiger partial charge in [0.1, 0.15) is 11.9 Å². The lowest BCUT2D eigenvalue weighted by Gasteiger charge is -2.57. The molecule has 1 amide bonds. The first-order chi connectivity index (χ1) is 21.6. The molecule has 1 aliphatic heterocycles. The Hall–Kier alpha value is -3.71. The second-order valence-electron chi connectivity index (χ2n) is 14.0. The Labute approximate surface area is 266 Å². The number of benzene rings is 3. The number of likely N-dealkylation sites (tertiary alicyclic amines) is 1. The average Bonchev–Trinajstić information content (AvgIpc) is 3.83. The number of nitrogens with zero attached hydrogens (tertiary/aromatic N) is 2. The average molecular weight is 611 g/mol. The van der Waals surface area contributed by atoms with Crippen molar-refractivity contribution in [3.05, 3.63) is 77.9 Å². The van der Waals surface area contributed by atoms with Gasteiger partial charge in [-0.1, -0.05) is 56.3 Å². The lowest BCUT2D eigenvalue weighted by atomic mass is 9.56. The van der Waals surface area contributed by atoms with Gasteiger partial charge in [0.05, 0.1) is 0 Å². The molecule has 0 aromatic heterocycles. The summed E-state index contributed by atoms with van der Waals surface area (Å²) >= 11 is 0. The molecule has 0 spiro atoms. The van der Waals surface area contributed by atoms with Crippen molar-refractivity contribution in [2.45, 2.75) is 77.4 Å². The summed E-state index contributed by atoms with van der Waals surface area (Å²) in [7, 11) is 0. The number of esters is 2. The highest BCUT2D eigenvalue weighted by molar-refractivity contribution is 5.98. The molecule has 3 aromatic carbocycles. The van der Waals surface area contributed by atoms with Crippen LogP contribution in [0.3, 0.4) is 0 Å². The highest BCUT2D eigenvalue weighted by Gasteiger charge is 2.55. The van der Waals surface area contributed by atoms with Crippen molar-refractivity contribution >= 4 is 28.6 Å². The minimum absolute atomic E-state index is 0.00876. The Kier molecular flexibility index (Phi) is 9.00. The Morgan fingerprint density at radius 1 is 0.956 bits per heavy atom. The molecule has 4 atom stereocenters. The summed E-state index contributed by atoms with van der Waals surface area (Å²) in [6, 6.07) is 21.8. The van der Waals surface area contributed by atoms with Gasteiger partial charge in [-0.05, 0) is 84.7 Å². The molecule has 0 bridgehead atoms. The molecular formula is C38H46N2O5. The minimum Gasteiger partial charge on any atom is -0.462 e. The maximum absolute atomic E-state index is 14.5. The molecule has 7 nitrogen and oxygen atoms in total. The van der Waals surface area contributed by atoms with E-state index in [4.69, 9.17) is 9.47 Å². The largest absolute Gasteiger partial charge is 0.462 e. The fourth-order valence-corrected chi connectivity index (χ4v) is 7.95. The second-order valence-corrected chi connectivity index (χ2v) is 14.0. The standard InChI is InChI=1S/C38H46N2O5/c1-25(2)22-40(37(43)31-15-14-29-8-5-6-9-30(29)18-31)33-20-36(45-27(4)42)35-24-39(23-28-12-13-28)17-16-38(35,21-33)32-10-7-11-34(19-32)44-26(3)41/h5-11,14-15,18-19,25,28,33,35-36H,12-13,16-17,20-24H2,1-4H3/t33-,35+,36?,38+/m1/s1.